The van der Waals surface area contributed by atoms with E-state index in [4.69, 9.17) is 4.74 Å². The average Bonchev–Trinajstić information content (AvgIpc) is 2.51. The largest absolute Gasteiger partial charge is 0.351 e. The summed E-state index contributed by atoms with van der Waals surface area (Å²) >= 11 is 1.52. The Kier molecular flexibility index (Phi) is 2.74. The molecule has 1 fully saturated rings. The summed E-state index contributed by atoms with van der Waals surface area (Å²) in [7, 11) is 0. The van der Waals surface area contributed by atoms with Gasteiger partial charge < -0.3 is 10.1 Å². The van der Waals surface area contributed by atoms with Gasteiger partial charge in [-0.25, -0.2) is 4.39 Å². The van der Waals surface area contributed by atoms with Crippen LogP contribution in [0.25, 0.3) is 0 Å². The van der Waals surface area contributed by atoms with E-state index in [9.17, 15) is 4.39 Å². The summed E-state index contributed by atoms with van der Waals surface area (Å²) in [5.41, 5.74) is 0.571. The molecule has 2 rings (SSSR count). The van der Waals surface area contributed by atoms with Crippen LogP contribution < -0.4 is 5.32 Å². The first kappa shape index (κ1) is 9.55. The number of anilines is 1. The van der Waals surface area contributed by atoms with Crippen molar-refractivity contribution in [3.05, 3.63) is 41.6 Å². The first-order valence-corrected chi connectivity index (χ1v) is 5.10. The highest BCUT2D eigenvalue weighted by molar-refractivity contribution is 8.03. The Morgan fingerprint density at radius 3 is 3.07 bits per heavy atom. The van der Waals surface area contributed by atoms with Crippen molar-refractivity contribution in [2.75, 3.05) is 11.9 Å². The molecule has 0 amide bonds. The third-order valence-electron chi connectivity index (χ3n) is 1.78. The van der Waals surface area contributed by atoms with Gasteiger partial charge in [0.25, 0.3) is 0 Å². The Labute approximate surface area is 86.1 Å². The molecule has 1 N–H and O–H groups in total. The number of ether oxygens (including phenoxy) is 1. The fourth-order valence-corrected chi connectivity index (χ4v) is 1.94. The minimum Gasteiger partial charge on any atom is -0.351 e. The zero-order valence-corrected chi connectivity index (χ0v) is 8.31. The van der Waals surface area contributed by atoms with Crippen molar-refractivity contribution in [2.24, 2.45) is 0 Å². The Hall–Kier alpha value is -1.00. The molecule has 1 aliphatic heterocycles. The number of benzene rings is 1. The zero-order valence-electron chi connectivity index (χ0n) is 7.50. The molecule has 1 atom stereocenters. The van der Waals surface area contributed by atoms with E-state index < -0.39 is 0 Å². The molecular formula is C10H10FNOS. The second-order valence-corrected chi connectivity index (χ2v) is 4.20. The van der Waals surface area contributed by atoms with Gasteiger partial charge in [0.05, 0.1) is 6.61 Å². The van der Waals surface area contributed by atoms with Crippen molar-refractivity contribution in [2.45, 2.75) is 5.56 Å². The number of hydrogen-bond donors (Lipinski definition) is 1. The molecule has 0 aliphatic carbocycles. The molecule has 1 heterocycles. The molecule has 74 valence electrons. The topological polar surface area (TPSA) is 21.3 Å². The number of nitrogens with one attached hydrogen (secondary N) is 1. The molecule has 14 heavy (non-hydrogen) atoms. The molecule has 2 nitrogen and oxygen atoms in total. The first-order chi connectivity index (χ1) is 6.74. The second kappa shape index (κ2) is 4.02. The minimum atomic E-state index is -0.253. The van der Waals surface area contributed by atoms with E-state index in [1.54, 1.807) is 12.1 Å². The van der Waals surface area contributed by atoms with Crippen molar-refractivity contribution in [1.29, 1.82) is 0 Å². The van der Waals surface area contributed by atoms with Gasteiger partial charge in [0.1, 0.15) is 5.82 Å². The molecule has 0 spiro atoms. The van der Waals surface area contributed by atoms with E-state index >= 15 is 0 Å². The molecule has 4 heteroatoms. The molecule has 0 saturated carbocycles. The summed E-state index contributed by atoms with van der Waals surface area (Å²) in [6, 6.07) is 6.30. The molecule has 1 aliphatic rings. The highest BCUT2D eigenvalue weighted by atomic mass is 32.2. The van der Waals surface area contributed by atoms with Gasteiger partial charge in [0.2, 0.25) is 0 Å². The average molecular weight is 211 g/mol. The number of halogens is 1. The third kappa shape index (κ3) is 2.27. The van der Waals surface area contributed by atoms with Crippen LogP contribution in [-0.2, 0) is 4.74 Å². The summed E-state index contributed by atoms with van der Waals surface area (Å²) in [6.07, 6.45) is 0. The van der Waals surface area contributed by atoms with Gasteiger partial charge in [-0.15, -0.1) is 0 Å². The highest BCUT2D eigenvalue weighted by Gasteiger charge is 2.18. The van der Waals surface area contributed by atoms with Crippen molar-refractivity contribution < 1.29 is 9.13 Å². The van der Waals surface area contributed by atoms with Crippen LogP contribution in [0.5, 0.6) is 0 Å². The lowest BCUT2D eigenvalue weighted by Gasteiger charge is -2.11. The third-order valence-corrected chi connectivity index (χ3v) is 2.70. The summed E-state index contributed by atoms with van der Waals surface area (Å²) in [6.45, 7) is 4.34. The van der Waals surface area contributed by atoms with Crippen molar-refractivity contribution in [3.8, 4) is 0 Å². The highest BCUT2D eigenvalue weighted by Crippen LogP contribution is 2.30. The zero-order chi connectivity index (χ0) is 9.97. The van der Waals surface area contributed by atoms with Gasteiger partial charge in [-0.05, 0) is 18.2 Å². The van der Waals surface area contributed by atoms with Crippen molar-refractivity contribution >= 4 is 17.4 Å². The van der Waals surface area contributed by atoms with Crippen LogP contribution in [0.4, 0.5) is 10.1 Å². The molecule has 0 radical (unpaired) electrons. The van der Waals surface area contributed by atoms with E-state index in [1.807, 2.05) is 0 Å². The van der Waals surface area contributed by atoms with Crippen LogP contribution in [0.15, 0.2) is 35.7 Å². The molecule has 1 unspecified atom stereocenters. The van der Waals surface area contributed by atoms with Crippen molar-refractivity contribution in [1.82, 2.24) is 0 Å². The maximum atomic E-state index is 12.8. The number of thioether (sulfide) groups is 1. The Balaban J connectivity index is 2.00. The second-order valence-electron chi connectivity index (χ2n) is 2.95. The number of hydrogen-bond acceptors (Lipinski definition) is 3. The standard InChI is InChI=1S/C10H10FNOS/c1-7-6-13-10(14-7)12-9-4-2-3-8(11)5-9/h2-5,10,12H,1,6H2. The molecule has 1 aromatic rings. The lowest BCUT2D eigenvalue weighted by atomic mass is 10.3. The predicted octanol–water partition coefficient (Wildman–Crippen LogP) is 2.80. The van der Waals surface area contributed by atoms with E-state index in [1.165, 1.54) is 23.9 Å². The number of rotatable bonds is 2. The maximum absolute atomic E-state index is 12.8. The summed E-state index contributed by atoms with van der Waals surface area (Å²) in [5, 5.41) is 3.05. The summed E-state index contributed by atoms with van der Waals surface area (Å²) in [4.78, 5) is 0.985. The molecule has 1 aromatic carbocycles. The Bertz CT molecular complexity index is 356. The fraction of sp³-hybridized carbons (Fsp3) is 0.200. The van der Waals surface area contributed by atoms with E-state index in [0.29, 0.717) is 6.61 Å². The van der Waals surface area contributed by atoms with Gasteiger partial charge in [-0.1, -0.05) is 24.4 Å². The predicted molar refractivity (Wildman–Crippen MR) is 56.5 cm³/mol. The lowest BCUT2D eigenvalue weighted by molar-refractivity contribution is 0.169. The van der Waals surface area contributed by atoms with E-state index in [2.05, 4.69) is 11.9 Å². The molecule has 1 saturated heterocycles. The van der Waals surface area contributed by atoms with Crippen LogP contribution in [0.3, 0.4) is 0 Å². The van der Waals surface area contributed by atoms with Crippen LogP contribution in [0.2, 0.25) is 0 Å². The normalized spacial score (nSPS) is 21.2. The van der Waals surface area contributed by atoms with E-state index in [-0.39, 0.29) is 11.4 Å². The van der Waals surface area contributed by atoms with Gasteiger partial charge in [0, 0.05) is 10.6 Å². The van der Waals surface area contributed by atoms with Crippen LogP contribution >= 0.6 is 11.8 Å². The quantitative estimate of drug-likeness (QED) is 0.812. The van der Waals surface area contributed by atoms with Crippen LogP contribution in [-0.4, -0.2) is 12.2 Å². The Morgan fingerprint density at radius 2 is 2.43 bits per heavy atom. The van der Waals surface area contributed by atoms with Gasteiger partial charge in [0.15, 0.2) is 5.56 Å². The molecule has 0 aromatic heterocycles. The SMILES string of the molecule is C=C1COC(Nc2cccc(F)c2)S1. The van der Waals surface area contributed by atoms with Gasteiger partial charge in [-0.3, -0.25) is 0 Å². The first-order valence-electron chi connectivity index (χ1n) is 4.22. The summed E-state index contributed by atoms with van der Waals surface area (Å²) < 4.78 is 18.2. The minimum absolute atomic E-state index is 0.149. The fourth-order valence-electron chi connectivity index (χ4n) is 1.17. The lowest BCUT2D eigenvalue weighted by Crippen LogP contribution is -2.13. The summed E-state index contributed by atoms with van der Waals surface area (Å²) in [5.74, 6) is -0.253. The Morgan fingerprint density at radius 1 is 1.57 bits per heavy atom. The molecule has 0 bridgehead atoms. The monoisotopic (exact) mass is 211 g/mol. The maximum Gasteiger partial charge on any atom is 0.180 e. The van der Waals surface area contributed by atoms with Crippen LogP contribution in [0.1, 0.15) is 0 Å². The van der Waals surface area contributed by atoms with E-state index in [0.717, 1.165) is 10.6 Å². The van der Waals surface area contributed by atoms with Gasteiger partial charge >= 0.3 is 0 Å². The smallest absolute Gasteiger partial charge is 0.180 e. The van der Waals surface area contributed by atoms with Crippen molar-refractivity contribution in [3.63, 3.8) is 0 Å². The van der Waals surface area contributed by atoms with Crippen LogP contribution in [0, 0.1) is 5.82 Å². The molecular weight excluding hydrogens is 201 g/mol. The van der Waals surface area contributed by atoms with Gasteiger partial charge in [-0.2, -0.15) is 0 Å².